The lowest BCUT2D eigenvalue weighted by Crippen LogP contribution is -2.20. The Morgan fingerprint density at radius 1 is 1.48 bits per heavy atom. The summed E-state index contributed by atoms with van der Waals surface area (Å²) in [5.41, 5.74) is 2.06. The van der Waals surface area contributed by atoms with Gasteiger partial charge < -0.3 is 10.1 Å². The van der Waals surface area contributed by atoms with E-state index in [0.717, 1.165) is 41.5 Å². The number of hydrogen-bond donors (Lipinski definition) is 1. The first kappa shape index (κ1) is 16.3. The number of rotatable bonds is 7. The average Bonchev–Trinajstić information content (AvgIpc) is 3.09. The van der Waals surface area contributed by atoms with Gasteiger partial charge >= 0.3 is 0 Å². The van der Waals surface area contributed by atoms with Gasteiger partial charge in [0.15, 0.2) is 0 Å². The minimum absolute atomic E-state index is 0.171. The van der Waals surface area contributed by atoms with E-state index < -0.39 is 0 Å². The number of halogens is 1. The van der Waals surface area contributed by atoms with Gasteiger partial charge in [-0.15, -0.1) is 11.3 Å². The maximum absolute atomic E-state index is 6.51. The Morgan fingerprint density at radius 2 is 2.24 bits per heavy atom. The van der Waals surface area contributed by atoms with Crippen molar-refractivity contribution in [2.75, 3.05) is 14.2 Å². The summed E-state index contributed by atoms with van der Waals surface area (Å²) in [4.78, 5) is 1.19. The van der Waals surface area contributed by atoms with Crippen LogP contribution in [0.5, 0.6) is 5.75 Å². The maximum atomic E-state index is 6.51. The summed E-state index contributed by atoms with van der Waals surface area (Å²) < 4.78 is 7.44. The first-order chi connectivity index (χ1) is 10.2. The van der Waals surface area contributed by atoms with Crippen LogP contribution in [-0.4, -0.2) is 23.9 Å². The molecule has 2 aromatic rings. The molecule has 6 heteroatoms. The van der Waals surface area contributed by atoms with Gasteiger partial charge in [0.2, 0.25) is 0 Å². The molecule has 4 nitrogen and oxygen atoms in total. The van der Waals surface area contributed by atoms with Crippen LogP contribution in [0.2, 0.25) is 5.02 Å². The topological polar surface area (TPSA) is 39.1 Å². The highest BCUT2D eigenvalue weighted by Crippen LogP contribution is 2.34. The van der Waals surface area contributed by atoms with Crippen LogP contribution in [0.4, 0.5) is 0 Å². The summed E-state index contributed by atoms with van der Waals surface area (Å²) in [6.45, 7) is 5.00. The van der Waals surface area contributed by atoms with Crippen LogP contribution in [0.25, 0.3) is 0 Å². The van der Waals surface area contributed by atoms with Gasteiger partial charge in [0.25, 0.3) is 0 Å². The molecule has 2 aromatic heterocycles. The van der Waals surface area contributed by atoms with Gasteiger partial charge in [-0.05, 0) is 31.8 Å². The van der Waals surface area contributed by atoms with Crippen LogP contribution in [0, 0.1) is 0 Å². The molecule has 0 spiro atoms. The molecule has 0 amide bonds. The van der Waals surface area contributed by atoms with Gasteiger partial charge in [-0.3, -0.25) is 4.68 Å². The number of ether oxygens (including phenoxy) is 1. The highest BCUT2D eigenvalue weighted by atomic mass is 35.5. The molecule has 0 aliphatic rings. The highest BCUT2D eigenvalue weighted by molar-refractivity contribution is 7.10. The fourth-order valence-corrected chi connectivity index (χ4v) is 3.78. The third kappa shape index (κ3) is 3.25. The predicted molar refractivity (Wildman–Crippen MR) is 88.7 cm³/mol. The number of aromatic nitrogens is 2. The van der Waals surface area contributed by atoms with Crippen molar-refractivity contribution in [1.29, 1.82) is 0 Å². The lowest BCUT2D eigenvalue weighted by atomic mass is 10.1. The second kappa shape index (κ2) is 7.29. The number of likely N-dealkylation sites (N-methyl/N-ethyl adjacent to an activating group) is 1. The smallest absolute Gasteiger partial charge is 0.134 e. The summed E-state index contributed by atoms with van der Waals surface area (Å²) in [5.74, 6) is 0.925. The first-order valence-corrected chi connectivity index (χ1v) is 8.44. The fraction of sp³-hybridized carbons (Fsp3) is 0.533. The van der Waals surface area contributed by atoms with Gasteiger partial charge in [-0.25, -0.2) is 0 Å². The van der Waals surface area contributed by atoms with Crippen molar-refractivity contribution in [1.82, 2.24) is 15.1 Å². The van der Waals surface area contributed by atoms with E-state index in [1.165, 1.54) is 4.88 Å². The molecule has 0 aliphatic heterocycles. The maximum Gasteiger partial charge on any atom is 0.134 e. The zero-order valence-corrected chi connectivity index (χ0v) is 14.5. The molecule has 21 heavy (non-hydrogen) atoms. The van der Waals surface area contributed by atoms with Gasteiger partial charge in [0.05, 0.1) is 34.4 Å². The third-order valence-corrected chi connectivity index (χ3v) is 5.08. The average molecular weight is 328 g/mol. The second-order valence-corrected chi connectivity index (χ2v) is 6.10. The molecule has 1 N–H and O–H groups in total. The number of methoxy groups -OCH3 is 1. The lowest BCUT2D eigenvalue weighted by Gasteiger charge is -2.17. The van der Waals surface area contributed by atoms with Crippen LogP contribution >= 0.6 is 22.9 Å². The Hall–Kier alpha value is -1.04. The molecule has 0 aliphatic carbocycles. The molecule has 0 bridgehead atoms. The minimum atomic E-state index is 0.171. The summed E-state index contributed by atoms with van der Waals surface area (Å²) in [5, 5.41) is 10.8. The Bertz CT molecular complexity index is 594. The quantitative estimate of drug-likeness (QED) is 0.843. The van der Waals surface area contributed by atoms with E-state index in [1.54, 1.807) is 18.4 Å². The van der Waals surface area contributed by atoms with E-state index in [2.05, 4.69) is 29.6 Å². The van der Waals surface area contributed by atoms with Gasteiger partial charge in [0, 0.05) is 13.0 Å². The van der Waals surface area contributed by atoms with Crippen LogP contribution in [0.3, 0.4) is 0 Å². The minimum Gasteiger partial charge on any atom is -0.496 e. The van der Waals surface area contributed by atoms with Crippen molar-refractivity contribution in [3.05, 3.63) is 32.7 Å². The number of thiophene rings is 1. The van der Waals surface area contributed by atoms with Crippen LogP contribution < -0.4 is 10.1 Å². The molecule has 0 fully saturated rings. The summed E-state index contributed by atoms with van der Waals surface area (Å²) in [6.07, 6.45) is 1.65. The number of hydrogen-bond acceptors (Lipinski definition) is 4. The van der Waals surface area contributed by atoms with E-state index in [-0.39, 0.29) is 6.04 Å². The number of nitrogens with one attached hydrogen (secondary N) is 1. The molecule has 1 atom stereocenters. The second-order valence-electron chi connectivity index (χ2n) is 4.78. The monoisotopic (exact) mass is 327 g/mol. The van der Waals surface area contributed by atoms with E-state index in [0.29, 0.717) is 0 Å². The summed E-state index contributed by atoms with van der Waals surface area (Å²) in [7, 11) is 3.67. The van der Waals surface area contributed by atoms with E-state index in [1.807, 2.05) is 17.8 Å². The normalized spacial score (nSPS) is 12.6. The standard InChI is InChI=1S/C15H22ClN3OS/c1-5-10-14(16)12(19(6-2)18-10)9-11(17-3)15-13(20-4)7-8-21-15/h7-8,11,17H,5-6,9H2,1-4H3. The molecule has 2 heterocycles. The Morgan fingerprint density at radius 3 is 2.81 bits per heavy atom. The molecular formula is C15H22ClN3OS. The molecular weight excluding hydrogens is 306 g/mol. The molecule has 0 radical (unpaired) electrons. The molecule has 116 valence electrons. The van der Waals surface area contributed by atoms with Gasteiger partial charge in [-0.1, -0.05) is 18.5 Å². The molecule has 0 aromatic carbocycles. The van der Waals surface area contributed by atoms with Crippen molar-refractivity contribution in [3.8, 4) is 5.75 Å². The third-order valence-electron chi connectivity index (χ3n) is 3.63. The van der Waals surface area contributed by atoms with Gasteiger partial charge in [0.1, 0.15) is 5.75 Å². The zero-order valence-electron chi connectivity index (χ0n) is 12.9. The van der Waals surface area contributed by atoms with Gasteiger partial charge in [-0.2, -0.15) is 5.10 Å². The predicted octanol–water partition coefficient (Wildman–Crippen LogP) is 3.69. The van der Waals surface area contributed by atoms with Crippen LogP contribution in [0.1, 0.15) is 36.2 Å². The summed E-state index contributed by atoms with van der Waals surface area (Å²) in [6, 6.07) is 2.17. The Labute approximate surface area is 135 Å². The van der Waals surface area contributed by atoms with Crippen molar-refractivity contribution in [3.63, 3.8) is 0 Å². The number of nitrogens with zero attached hydrogens (tertiary/aromatic N) is 2. The van der Waals surface area contributed by atoms with E-state index in [4.69, 9.17) is 16.3 Å². The molecule has 2 rings (SSSR count). The highest BCUT2D eigenvalue weighted by Gasteiger charge is 2.22. The molecule has 0 saturated carbocycles. The van der Waals surface area contributed by atoms with Crippen LogP contribution in [0.15, 0.2) is 11.4 Å². The zero-order chi connectivity index (χ0) is 15.4. The van der Waals surface area contributed by atoms with E-state index >= 15 is 0 Å². The van der Waals surface area contributed by atoms with Crippen molar-refractivity contribution < 1.29 is 4.74 Å². The van der Waals surface area contributed by atoms with Crippen molar-refractivity contribution in [2.24, 2.45) is 0 Å². The van der Waals surface area contributed by atoms with Crippen molar-refractivity contribution >= 4 is 22.9 Å². The Kier molecular flexibility index (Phi) is 5.67. The molecule has 0 saturated heterocycles. The largest absolute Gasteiger partial charge is 0.496 e. The molecule has 1 unspecified atom stereocenters. The summed E-state index contributed by atoms with van der Waals surface area (Å²) >= 11 is 8.20. The first-order valence-electron chi connectivity index (χ1n) is 7.18. The van der Waals surface area contributed by atoms with Crippen molar-refractivity contribution in [2.45, 2.75) is 39.3 Å². The SMILES string of the molecule is CCc1nn(CC)c(CC(NC)c2sccc2OC)c1Cl. The fourth-order valence-electron chi connectivity index (χ4n) is 2.46. The Balaban J connectivity index is 2.33. The lowest BCUT2D eigenvalue weighted by molar-refractivity contribution is 0.404. The van der Waals surface area contributed by atoms with Crippen LogP contribution in [-0.2, 0) is 19.4 Å². The number of aryl methyl sites for hydroxylation is 2. The van der Waals surface area contributed by atoms with E-state index in [9.17, 15) is 0 Å².